The maximum absolute atomic E-state index is 12.3. The van der Waals surface area contributed by atoms with E-state index in [4.69, 9.17) is 0 Å². The van der Waals surface area contributed by atoms with Crippen molar-refractivity contribution in [1.29, 1.82) is 0 Å². The molecule has 0 saturated heterocycles. The number of benzene rings is 1. The van der Waals surface area contributed by atoms with Crippen LogP contribution in [-0.2, 0) is 11.2 Å². The molecule has 1 aliphatic heterocycles. The van der Waals surface area contributed by atoms with Gasteiger partial charge in [-0.3, -0.25) is 14.9 Å². The Kier molecular flexibility index (Phi) is 4.06. The zero-order valence-corrected chi connectivity index (χ0v) is 12.5. The molecule has 0 fully saturated rings. The summed E-state index contributed by atoms with van der Waals surface area (Å²) in [5.41, 5.74) is 2.11. The van der Waals surface area contributed by atoms with Gasteiger partial charge in [-0.25, -0.2) is 4.98 Å². The summed E-state index contributed by atoms with van der Waals surface area (Å²) < 4.78 is 0. The normalized spacial score (nSPS) is 13.0. The first-order valence-corrected chi connectivity index (χ1v) is 7.75. The summed E-state index contributed by atoms with van der Waals surface area (Å²) in [4.78, 5) is 28.2. The van der Waals surface area contributed by atoms with E-state index in [1.807, 2.05) is 24.3 Å². The number of rotatable bonds is 4. The Morgan fingerprint density at radius 1 is 1.32 bits per heavy atom. The third kappa shape index (κ3) is 2.94. The molecule has 1 aliphatic rings. The Morgan fingerprint density at radius 2 is 2.14 bits per heavy atom. The molecule has 0 spiro atoms. The average molecular weight is 315 g/mol. The first-order chi connectivity index (χ1) is 10.6. The first-order valence-electron chi connectivity index (χ1n) is 6.76. The van der Waals surface area contributed by atoms with E-state index in [-0.39, 0.29) is 17.3 Å². The lowest BCUT2D eigenvalue weighted by molar-refractivity contribution is -0.385. The molecule has 0 N–H and O–H groups in total. The highest BCUT2D eigenvalue weighted by Crippen LogP contribution is 2.28. The molecule has 7 heteroatoms. The molecule has 2 aromatic rings. The van der Waals surface area contributed by atoms with E-state index >= 15 is 0 Å². The van der Waals surface area contributed by atoms with Crippen molar-refractivity contribution in [3.8, 4) is 0 Å². The minimum atomic E-state index is -0.492. The summed E-state index contributed by atoms with van der Waals surface area (Å²) in [6.45, 7) is 0.701. The SMILES string of the molecule is O=C(CSc1ccc([N+](=O)[O-])cn1)N1CCc2ccccc21. The van der Waals surface area contributed by atoms with Crippen LogP contribution in [0.3, 0.4) is 0 Å². The largest absolute Gasteiger partial charge is 0.311 e. The number of hydrogen-bond acceptors (Lipinski definition) is 5. The fourth-order valence-electron chi connectivity index (χ4n) is 2.38. The Balaban J connectivity index is 1.62. The Labute approximate surface area is 131 Å². The first kappa shape index (κ1) is 14.5. The standard InChI is InChI=1S/C15H13N3O3S/c19-15(17-8-7-11-3-1-2-4-13(11)17)10-22-14-6-5-12(9-16-14)18(20)21/h1-6,9H,7-8,10H2. The predicted molar refractivity (Wildman–Crippen MR) is 84.1 cm³/mol. The molecular weight excluding hydrogens is 302 g/mol. The number of carbonyl (C=O) groups is 1. The van der Waals surface area contributed by atoms with Crippen LogP contribution in [0.25, 0.3) is 0 Å². The van der Waals surface area contributed by atoms with E-state index in [1.165, 1.54) is 29.6 Å². The zero-order chi connectivity index (χ0) is 15.5. The van der Waals surface area contributed by atoms with Crippen LogP contribution in [-0.4, -0.2) is 28.1 Å². The van der Waals surface area contributed by atoms with Gasteiger partial charge in [-0.05, 0) is 24.1 Å². The van der Waals surface area contributed by atoms with E-state index < -0.39 is 4.92 Å². The molecule has 2 heterocycles. The van der Waals surface area contributed by atoms with Crippen LogP contribution in [0.2, 0.25) is 0 Å². The lowest BCUT2D eigenvalue weighted by atomic mass is 10.2. The fourth-order valence-corrected chi connectivity index (χ4v) is 3.10. The number of thioether (sulfide) groups is 1. The van der Waals surface area contributed by atoms with Gasteiger partial charge in [-0.15, -0.1) is 0 Å². The van der Waals surface area contributed by atoms with Crippen LogP contribution in [0.1, 0.15) is 5.56 Å². The van der Waals surface area contributed by atoms with Crippen molar-refractivity contribution in [2.75, 3.05) is 17.2 Å². The minimum absolute atomic E-state index is 0.0232. The van der Waals surface area contributed by atoms with Gasteiger partial charge < -0.3 is 4.90 Å². The van der Waals surface area contributed by atoms with Crippen LogP contribution in [0.15, 0.2) is 47.6 Å². The number of nitro groups is 1. The second kappa shape index (κ2) is 6.15. The fraction of sp³-hybridized carbons (Fsp3) is 0.200. The average Bonchev–Trinajstić information content (AvgIpc) is 2.97. The molecule has 1 aromatic carbocycles. The number of amides is 1. The van der Waals surface area contributed by atoms with Crippen LogP contribution in [0.4, 0.5) is 11.4 Å². The lowest BCUT2D eigenvalue weighted by Crippen LogP contribution is -2.30. The van der Waals surface area contributed by atoms with Gasteiger partial charge in [0, 0.05) is 18.3 Å². The van der Waals surface area contributed by atoms with Crippen LogP contribution < -0.4 is 4.90 Å². The van der Waals surface area contributed by atoms with Gasteiger partial charge in [0.05, 0.1) is 15.7 Å². The van der Waals surface area contributed by atoms with Gasteiger partial charge in [-0.1, -0.05) is 30.0 Å². The van der Waals surface area contributed by atoms with Crippen molar-refractivity contribution < 1.29 is 9.72 Å². The van der Waals surface area contributed by atoms with Crippen molar-refractivity contribution in [1.82, 2.24) is 4.98 Å². The maximum atomic E-state index is 12.3. The predicted octanol–water partition coefficient (Wildman–Crippen LogP) is 2.67. The highest BCUT2D eigenvalue weighted by molar-refractivity contribution is 7.99. The number of aromatic nitrogens is 1. The van der Waals surface area contributed by atoms with Crippen molar-refractivity contribution in [2.45, 2.75) is 11.4 Å². The van der Waals surface area contributed by atoms with E-state index in [0.29, 0.717) is 11.6 Å². The molecule has 0 bridgehead atoms. The number of para-hydroxylation sites is 1. The van der Waals surface area contributed by atoms with E-state index in [0.717, 1.165) is 12.1 Å². The number of pyridine rings is 1. The summed E-state index contributed by atoms with van der Waals surface area (Å²) in [6.07, 6.45) is 2.08. The van der Waals surface area contributed by atoms with Gasteiger partial charge in [-0.2, -0.15) is 0 Å². The van der Waals surface area contributed by atoms with E-state index in [9.17, 15) is 14.9 Å². The second-order valence-corrected chi connectivity index (χ2v) is 5.82. The molecule has 22 heavy (non-hydrogen) atoms. The van der Waals surface area contributed by atoms with Gasteiger partial charge in [0.25, 0.3) is 5.69 Å². The van der Waals surface area contributed by atoms with Crippen molar-refractivity contribution in [2.24, 2.45) is 0 Å². The molecule has 0 unspecified atom stereocenters. The number of carbonyl (C=O) groups excluding carboxylic acids is 1. The van der Waals surface area contributed by atoms with Gasteiger partial charge in [0.1, 0.15) is 6.20 Å². The molecule has 1 amide bonds. The highest BCUT2D eigenvalue weighted by Gasteiger charge is 2.24. The van der Waals surface area contributed by atoms with E-state index in [2.05, 4.69) is 4.98 Å². The van der Waals surface area contributed by atoms with E-state index in [1.54, 1.807) is 11.0 Å². The zero-order valence-electron chi connectivity index (χ0n) is 11.6. The molecule has 1 aromatic heterocycles. The summed E-state index contributed by atoms with van der Waals surface area (Å²) in [5.74, 6) is 0.286. The smallest absolute Gasteiger partial charge is 0.287 e. The summed E-state index contributed by atoms with van der Waals surface area (Å²) in [6, 6.07) is 10.8. The third-order valence-electron chi connectivity index (χ3n) is 3.46. The van der Waals surface area contributed by atoms with Gasteiger partial charge >= 0.3 is 0 Å². The number of anilines is 1. The number of hydrogen-bond donors (Lipinski definition) is 0. The molecule has 0 saturated carbocycles. The van der Waals surface area contributed by atoms with Crippen molar-refractivity contribution in [3.63, 3.8) is 0 Å². The van der Waals surface area contributed by atoms with Gasteiger partial charge in [0.15, 0.2) is 0 Å². The van der Waals surface area contributed by atoms with Gasteiger partial charge in [0.2, 0.25) is 5.91 Å². The molecule has 0 radical (unpaired) electrons. The minimum Gasteiger partial charge on any atom is -0.311 e. The maximum Gasteiger partial charge on any atom is 0.287 e. The third-order valence-corrected chi connectivity index (χ3v) is 4.39. The molecule has 0 aliphatic carbocycles. The molecule has 6 nitrogen and oxygen atoms in total. The van der Waals surface area contributed by atoms with Crippen LogP contribution >= 0.6 is 11.8 Å². The monoisotopic (exact) mass is 315 g/mol. The van der Waals surface area contributed by atoms with Crippen molar-refractivity contribution >= 4 is 29.0 Å². The Bertz CT molecular complexity index is 718. The van der Waals surface area contributed by atoms with Crippen LogP contribution in [0.5, 0.6) is 0 Å². The second-order valence-electron chi connectivity index (χ2n) is 4.82. The summed E-state index contributed by atoms with van der Waals surface area (Å²) in [7, 11) is 0. The summed E-state index contributed by atoms with van der Waals surface area (Å²) in [5, 5.41) is 11.2. The quantitative estimate of drug-likeness (QED) is 0.492. The lowest BCUT2D eigenvalue weighted by Gasteiger charge is -2.16. The van der Waals surface area contributed by atoms with Crippen LogP contribution in [0, 0.1) is 10.1 Å². The molecule has 3 rings (SSSR count). The van der Waals surface area contributed by atoms with Crippen molar-refractivity contribution in [3.05, 3.63) is 58.3 Å². The summed E-state index contributed by atoms with van der Waals surface area (Å²) >= 11 is 1.29. The number of fused-ring (bicyclic) bond motifs is 1. The Hall–Kier alpha value is -2.41. The topological polar surface area (TPSA) is 76.3 Å². The molecule has 112 valence electrons. The molecular formula is C15H13N3O3S. The highest BCUT2D eigenvalue weighted by atomic mass is 32.2. The Morgan fingerprint density at radius 3 is 2.86 bits per heavy atom. The molecule has 0 atom stereocenters. The number of nitrogens with zero attached hydrogens (tertiary/aromatic N) is 3.